The highest BCUT2D eigenvalue weighted by molar-refractivity contribution is 5.79. The molecule has 1 fully saturated rings. The second kappa shape index (κ2) is 7.49. The largest absolute Gasteiger partial charge is 0.384 e. The number of nitrogens with zero attached hydrogens (tertiary/aromatic N) is 4. The van der Waals surface area contributed by atoms with Crippen molar-refractivity contribution in [1.82, 2.24) is 14.7 Å². The van der Waals surface area contributed by atoms with Crippen LogP contribution in [0.25, 0.3) is 0 Å². The van der Waals surface area contributed by atoms with Crippen LogP contribution in [-0.2, 0) is 23.0 Å². The first-order valence-electron chi connectivity index (χ1n) is 8.35. The Labute approximate surface area is 147 Å². The van der Waals surface area contributed by atoms with Gasteiger partial charge in [0.2, 0.25) is 5.91 Å². The average Bonchev–Trinajstić information content (AvgIpc) is 3.22. The maximum Gasteiger partial charge on any atom is 0.227 e. The van der Waals surface area contributed by atoms with Crippen LogP contribution < -0.4 is 0 Å². The predicted octanol–water partition coefficient (Wildman–Crippen LogP) is 1.72. The highest BCUT2D eigenvalue weighted by Gasteiger charge is 2.36. The molecule has 1 saturated heterocycles. The van der Waals surface area contributed by atoms with Gasteiger partial charge in [0.25, 0.3) is 0 Å². The number of carbonyl (C=O) groups excluding carboxylic acids is 1. The molecule has 0 aliphatic carbocycles. The molecule has 1 aromatic heterocycles. The second-order valence-electron chi connectivity index (χ2n) is 6.55. The van der Waals surface area contributed by atoms with Crippen molar-refractivity contribution in [3.05, 3.63) is 53.3 Å². The summed E-state index contributed by atoms with van der Waals surface area (Å²) in [5.74, 6) is 0.634. The van der Waals surface area contributed by atoms with Gasteiger partial charge in [-0.2, -0.15) is 10.4 Å². The van der Waals surface area contributed by atoms with Crippen LogP contribution in [-0.4, -0.2) is 47.4 Å². The number of hydrogen-bond donors (Lipinski definition) is 0. The smallest absolute Gasteiger partial charge is 0.227 e. The number of methoxy groups -OCH3 is 1. The summed E-state index contributed by atoms with van der Waals surface area (Å²) in [7, 11) is 3.60. The van der Waals surface area contributed by atoms with E-state index in [2.05, 4.69) is 11.2 Å². The van der Waals surface area contributed by atoms with Gasteiger partial charge in [-0.1, -0.05) is 12.1 Å². The molecule has 6 heteroatoms. The van der Waals surface area contributed by atoms with Gasteiger partial charge in [0.05, 0.1) is 30.9 Å². The molecule has 0 saturated carbocycles. The first-order valence-corrected chi connectivity index (χ1v) is 8.35. The van der Waals surface area contributed by atoms with Crippen LogP contribution in [0.15, 0.2) is 36.7 Å². The van der Waals surface area contributed by atoms with Crippen LogP contribution in [0, 0.1) is 17.2 Å². The van der Waals surface area contributed by atoms with Crippen LogP contribution in [0.5, 0.6) is 0 Å². The highest BCUT2D eigenvalue weighted by atomic mass is 16.5. The van der Waals surface area contributed by atoms with Crippen LogP contribution in [0.2, 0.25) is 0 Å². The summed E-state index contributed by atoms with van der Waals surface area (Å²) in [6.07, 6.45) is 4.25. The topological polar surface area (TPSA) is 71.2 Å². The monoisotopic (exact) mass is 338 g/mol. The van der Waals surface area contributed by atoms with Gasteiger partial charge in [0, 0.05) is 45.3 Å². The molecule has 0 unspecified atom stereocenters. The van der Waals surface area contributed by atoms with Gasteiger partial charge in [0.15, 0.2) is 0 Å². The molecule has 0 spiro atoms. The first-order chi connectivity index (χ1) is 12.1. The molecule has 3 rings (SSSR count). The molecule has 2 heterocycles. The molecular formula is C19H22N4O2. The number of hydrogen-bond acceptors (Lipinski definition) is 4. The predicted molar refractivity (Wildman–Crippen MR) is 92.8 cm³/mol. The Bertz CT molecular complexity index is 775. The summed E-state index contributed by atoms with van der Waals surface area (Å²) < 4.78 is 7.15. The minimum atomic E-state index is 0.109. The zero-order valence-electron chi connectivity index (χ0n) is 14.6. The normalized spacial score (nSPS) is 19.8. The summed E-state index contributed by atoms with van der Waals surface area (Å²) in [6.45, 7) is 2.01. The van der Waals surface area contributed by atoms with Crippen molar-refractivity contribution in [3.63, 3.8) is 0 Å². The Morgan fingerprint density at radius 2 is 2.12 bits per heavy atom. The molecular weight excluding hydrogens is 316 g/mol. The molecule has 1 amide bonds. The minimum Gasteiger partial charge on any atom is -0.384 e. The quantitative estimate of drug-likeness (QED) is 0.832. The summed E-state index contributed by atoms with van der Waals surface area (Å²) in [4.78, 5) is 14.6. The number of rotatable bonds is 5. The third-order valence-corrected chi connectivity index (χ3v) is 4.77. The number of aryl methyl sites for hydroxylation is 1. The van der Waals surface area contributed by atoms with E-state index in [9.17, 15) is 4.79 Å². The minimum absolute atomic E-state index is 0.109. The van der Waals surface area contributed by atoms with Gasteiger partial charge >= 0.3 is 0 Å². The van der Waals surface area contributed by atoms with Gasteiger partial charge in [-0.15, -0.1) is 0 Å². The molecule has 0 bridgehead atoms. The number of likely N-dealkylation sites (tertiary alicyclic amines) is 1. The third kappa shape index (κ3) is 3.89. The fourth-order valence-electron chi connectivity index (χ4n) is 3.45. The Morgan fingerprint density at radius 1 is 1.36 bits per heavy atom. The lowest BCUT2D eigenvalue weighted by atomic mass is 9.92. The third-order valence-electron chi connectivity index (χ3n) is 4.77. The standard InChI is InChI=1S/C19H22N4O2/c1-22-10-16(9-21-22)18-12-23(11-17(18)13-25-2)19(24)7-14-3-5-15(8-20)6-4-14/h3-6,9-10,17-18H,7,11-13H2,1-2H3/t17-,18-/m0/s1. The SMILES string of the molecule is COC[C@@H]1CN(C(=O)Cc2ccc(C#N)cc2)C[C@H]1c1cnn(C)c1. The average molecular weight is 338 g/mol. The summed E-state index contributed by atoms with van der Waals surface area (Å²) in [5.41, 5.74) is 2.68. The van der Waals surface area contributed by atoms with Crippen molar-refractivity contribution in [2.24, 2.45) is 13.0 Å². The molecule has 2 aromatic rings. The van der Waals surface area contributed by atoms with E-state index < -0.39 is 0 Å². The van der Waals surface area contributed by atoms with Crippen LogP contribution >= 0.6 is 0 Å². The number of nitriles is 1. The van der Waals surface area contributed by atoms with Crippen molar-refractivity contribution < 1.29 is 9.53 Å². The highest BCUT2D eigenvalue weighted by Crippen LogP contribution is 2.33. The molecule has 1 aliphatic heterocycles. The van der Waals surface area contributed by atoms with Crippen LogP contribution in [0.1, 0.15) is 22.6 Å². The Hall–Kier alpha value is -2.65. The van der Waals surface area contributed by atoms with Gasteiger partial charge in [-0.25, -0.2) is 0 Å². The van der Waals surface area contributed by atoms with E-state index in [1.807, 2.05) is 36.5 Å². The van der Waals surface area contributed by atoms with Crippen molar-refractivity contribution in [2.45, 2.75) is 12.3 Å². The van der Waals surface area contributed by atoms with Gasteiger partial charge < -0.3 is 9.64 Å². The summed E-state index contributed by atoms with van der Waals surface area (Å²) in [5, 5.41) is 13.1. The number of amides is 1. The molecule has 1 aromatic carbocycles. The van der Waals surface area contributed by atoms with E-state index in [1.54, 1.807) is 23.9 Å². The van der Waals surface area contributed by atoms with Crippen molar-refractivity contribution in [2.75, 3.05) is 26.8 Å². The number of ether oxygens (including phenoxy) is 1. The maximum absolute atomic E-state index is 12.7. The first kappa shape index (κ1) is 17.2. The second-order valence-corrected chi connectivity index (χ2v) is 6.55. The molecule has 130 valence electrons. The van der Waals surface area contributed by atoms with E-state index in [-0.39, 0.29) is 17.7 Å². The molecule has 6 nitrogen and oxygen atoms in total. The molecule has 0 N–H and O–H groups in total. The lowest BCUT2D eigenvalue weighted by Crippen LogP contribution is -2.30. The zero-order valence-corrected chi connectivity index (χ0v) is 14.6. The van der Waals surface area contributed by atoms with Crippen LogP contribution in [0.3, 0.4) is 0 Å². The Morgan fingerprint density at radius 3 is 2.72 bits per heavy atom. The Kier molecular flexibility index (Phi) is 5.15. The van der Waals surface area contributed by atoms with Gasteiger partial charge in [-0.3, -0.25) is 9.48 Å². The van der Waals surface area contributed by atoms with Gasteiger partial charge in [-0.05, 0) is 23.3 Å². The van der Waals surface area contributed by atoms with E-state index in [0.717, 1.165) is 11.1 Å². The molecule has 0 radical (unpaired) electrons. The van der Waals surface area contributed by atoms with E-state index in [4.69, 9.17) is 10.00 Å². The number of carbonyl (C=O) groups is 1. The number of benzene rings is 1. The fourth-order valence-corrected chi connectivity index (χ4v) is 3.45. The van der Waals surface area contributed by atoms with E-state index in [1.165, 1.54) is 0 Å². The summed E-state index contributed by atoms with van der Waals surface area (Å²) >= 11 is 0. The maximum atomic E-state index is 12.7. The van der Waals surface area contributed by atoms with Crippen molar-refractivity contribution >= 4 is 5.91 Å². The lowest BCUT2D eigenvalue weighted by molar-refractivity contribution is -0.129. The van der Waals surface area contributed by atoms with E-state index >= 15 is 0 Å². The van der Waals surface area contributed by atoms with Crippen molar-refractivity contribution in [3.8, 4) is 6.07 Å². The molecule has 1 aliphatic rings. The van der Waals surface area contributed by atoms with E-state index in [0.29, 0.717) is 31.7 Å². The fraction of sp³-hybridized carbons (Fsp3) is 0.421. The lowest BCUT2D eigenvalue weighted by Gasteiger charge is -2.16. The number of aromatic nitrogens is 2. The Balaban J connectivity index is 1.69. The summed E-state index contributed by atoms with van der Waals surface area (Å²) in [6, 6.07) is 9.28. The molecule has 25 heavy (non-hydrogen) atoms. The molecule has 2 atom stereocenters. The van der Waals surface area contributed by atoms with Gasteiger partial charge in [0.1, 0.15) is 0 Å². The zero-order chi connectivity index (χ0) is 17.8. The van der Waals surface area contributed by atoms with Crippen molar-refractivity contribution in [1.29, 1.82) is 5.26 Å². The van der Waals surface area contributed by atoms with Crippen LogP contribution in [0.4, 0.5) is 0 Å².